The molecule has 0 aliphatic carbocycles. The molecule has 2 aromatic carbocycles. The lowest BCUT2D eigenvalue weighted by Gasteiger charge is -2.13. The van der Waals surface area contributed by atoms with Gasteiger partial charge in [0.05, 0.1) is 18.6 Å². The van der Waals surface area contributed by atoms with E-state index in [4.69, 9.17) is 9.47 Å². The molecule has 0 saturated heterocycles. The smallest absolute Gasteiger partial charge is 0.270 e. The molecular weight excluding hydrogens is 418 g/mol. The van der Waals surface area contributed by atoms with Crippen LogP contribution in [0.5, 0.6) is 11.5 Å². The topological polar surface area (TPSA) is 78.7 Å². The normalized spacial score (nSPS) is 10.6. The minimum atomic E-state index is -0.487. The second-order valence-corrected chi connectivity index (χ2v) is 8.15. The standard InChI is InChI=1S/C27H35NO5/c1-4-5-6-7-8-9-10-11-12-19-33-26-18-15-23(28(30)31)20-25(26)21(2)27(29)22-13-16-24(32-3)17-14-22/h13-18,20H,2,4-12,19H2,1,3H3. The lowest BCUT2D eigenvalue weighted by molar-refractivity contribution is -0.384. The van der Waals surface area contributed by atoms with Gasteiger partial charge in [0.15, 0.2) is 5.78 Å². The number of ether oxygens (including phenoxy) is 2. The van der Waals surface area contributed by atoms with Crippen molar-refractivity contribution in [1.29, 1.82) is 0 Å². The lowest BCUT2D eigenvalue weighted by Crippen LogP contribution is -2.06. The molecule has 0 radical (unpaired) electrons. The van der Waals surface area contributed by atoms with E-state index in [-0.39, 0.29) is 17.0 Å². The molecule has 0 fully saturated rings. The number of hydrogen-bond acceptors (Lipinski definition) is 5. The zero-order valence-corrected chi connectivity index (χ0v) is 19.8. The number of benzene rings is 2. The summed E-state index contributed by atoms with van der Waals surface area (Å²) in [6.45, 7) is 6.63. The van der Waals surface area contributed by atoms with E-state index in [2.05, 4.69) is 13.5 Å². The van der Waals surface area contributed by atoms with Crippen LogP contribution < -0.4 is 9.47 Å². The van der Waals surface area contributed by atoms with Crippen LogP contribution in [-0.4, -0.2) is 24.4 Å². The summed E-state index contributed by atoms with van der Waals surface area (Å²) in [5.41, 5.74) is 0.827. The summed E-state index contributed by atoms with van der Waals surface area (Å²) in [6, 6.07) is 11.0. The van der Waals surface area contributed by atoms with Gasteiger partial charge in [-0.3, -0.25) is 14.9 Å². The molecule has 2 aromatic rings. The van der Waals surface area contributed by atoms with Crippen LogP contribution in [0.4, 0.5) is 5.69 Å². The highest BCUT2D eigenvalue weighted by Crippen LogP contribution is 2.32. The quantitative estimate of drug-likeness (QED) is 0.0869. The minimum Gasteiger partial charge on any atom is -0.497 e. The average Bonchev–Trinajstić information content (AvgIpc) is 2.84. The number of nitro benzene ring substituents is 1. The number of ketones is 1. The Hall–Kier alpha value is -3.15. The number of carbonyl (C=O) groups excluding carboxylic acids is 1. The summed E-state index contributed by atoms with van der Waals surface area (Å²) in [4.78, 5) is 23.7. The van der Waals surface area contributed by atoms with Gasteiger partial charge in [-0.15, -0.1) is 0 Å². The molecule has 6 heteroatoms. The molecule has 0 spiro atoms. The fourth-order valence-electron chi connectivity index (χ4n) is 3.63. The molecule has 2 rings (SSSR count). The molecule has 0 saturated carbocycles. The van der Waals surface area contributed by atoms with Gasteiger partial charge in [0.1, 0.15) is 11.5 Å². The third kappa shape index (κ3) is 8.37. The molecule has 0 aliphatic heterocycles. The molecule has 178 valence electrons. The Bertz CT molecular complexity index is 921. The monoisotopic (exact) mass is 453 g/mol. The average molecular weight is 454 g/mol. The molecule has 0 amide bonds. The third-order valence-electron chi connectivity index (χ3n) is 5.63. The Morgan fingerprint density at radius 2 is 1.55 bits per heavy atom. The number of nitro groups is 1. The maximum absolute atomic E-state index is 13.0. The van der Waals surface area contributed by atoms with Gasteiger partial charge >= 0.3 is 0 Å². The van der Waals surface area contributed by atoms with Crippen molar-refractivity contribution in [1.82, 2.24) is 0 Å². The SMILES string of the molecule is C=C(C(=O)c1ccc(OC)cc1)c1cc([N+](=O)[O-])ccc1OCCCCCCCCCCC. The zero-order valence-electron chi connectivity index (χ0n) is 19.8. The number of methoxy groups -OCH3 is 1. The van der Waals surface area contributed by atoms with E-state index in [1.54, 1.807) is 37.4 Å². The lowest BCUT2D eigenvalue weighted by atomic mass is 9.97. The van der Waals surface area contributed by atoms with E-state index in [0.29, 0.717) is 29.2 Å². The van der Waals surface area contributed by atoms with Crippen LogP contribution in [0.25, 0.3) is 5.57 Å². The van der Waals surface area contributed by atoms with Crippen LogP contribution in [0.1, 0.15) is 80.6 Å². The second kappa shape index (κ2) is 14.1. The molecule has 0 bridgehead atoms. The van der Waals surface area contributed by atoms with Gasteiger partial charge in [0.2, 0.25) is 0 Å². The number of unbranched alkanes of at least 4 members (excludes halogenated alkanes) is 8. The van der Waals surface area contributed by atoms with Crippen molar-refractivity contribution in [2.24, 2.45) is 0 Å². The molecule has 0 aliphatic rings. The first-order valence-corrected chi connectivity index (χ1v) is 11.8. The van der Waals surface area contributed by atoms with Crippen molar-refractivity contribution >= 4 is 17.0 Å². The molecule has 6 nitrogen and oxygen atoms in total. The summed E-state index contributed by atoms with van der Waals surface area (Å²) in [5, 5.41) is 11.3. The number of hydrogen-bond donors (Lipinski definition) is 0. The Balaban J connectivity index is 1.97. The van der Waals surface area contributed by atoms with Gasteiger partial charge in [-0.05, 0) is 36.8 Å². The fraction of sp³-hybridized carbons (Fsp3) is 0.444. The van der Waals surface area contributed by atoms with Crippen molar-refractivity contribution in [2.45, 2.75) is 64.7 Å². The predicted molar refractivity (Wildman–Crippen MR) is 132 cm³/mol. The highest BCUT2D eigenvalue weighted by molar-refractivity contribution is 6.28. The van der Waals surface area contributed by atoms with Gasteiger partial charge < -0.3 is 9.47 Å². The number of Topliss-reactive ketones (excluding diaryl/α,β-unsaturated/α-hetero) is 1. The number of rotatable bonds is 16. The van der Waals surface area contributed by atoms with E-state index < -0.39 is 4.92 Å². The van der Waals surface area contributed by atoms with Crippen molar-refractivity contribution < 1.29 is 19.2 Å². The largest absolute Gasteiger partial charge is 0.497 e. The Morgan fingerprint density at radius 3 is 2.12 bits per heavy atom. The van der Waals surface area contributed by atoms with E-state index >= 15 is 0 Å². The van der Waals surface area contributed by atoms with Crippen molar-refractivity contribution in [2.75, 3.05) is 13.7 Å². The summed E-state index contributed by atoms with van der Waals surface area (Å²) in [5.74, 6) is 0.760. The highest BCUT2D eigenvalue weighted by Gasteiger charge is 2.20. The van der Waals surface area contributed by atoms with Crippen LogP contribution in [-0.2, 0) is 0 Å². The predicted octanol–water partition coefficient (Wildman–Crippen LogP) is 7.41. The zero-order chi connectivity index (χ0) is 24.1. The first-order valence-electron chi connectivity index (χ1n) is 11.8. The summed E-state index contributed by atoms with van der Waals surface area (Å²) >= 11 is 0. The van der Waals surface area contributed by atoms with E-state index in [1.807, 2.05) is 0 Å². The third-order valence-corrected chi connectivity index (χ3v) is 5.63. The van der Waals surface area contributed by atoms with Crippen molar-refractivity contribution in [3.05, 3.63) is 70.3 Å². The molecule has 0 N–H and O–H groups in total. The van der Waals surface area contributed by atoms with E-state index in [9.17, 15) is 14.9 Å². The molecular formula is C27H35NO5. The summed E-state index contributed by atoms with van der Waals surface area (Å²) in [6.07, 6.45) is 10.9. The Morgan fingerprint density at radius 1 is 0.939 bits per heavy atom. The van der Waals surface area contributed by atoms with Crippen LogP contribution in [0.2, 0.25) is 0 Å². The molecule has 0 heterocycles. The van der Waals surface area contributed by atoms with Crippen LogP contribution >= 0.6 is 0 Å². The Labute approximate surface area is 196 Å². The molecule has 0 atom stereocenters. The van der Waals surface area contributed by atoms with Crippen LogP contribution in [0.15, 0.2) is 49.0 Å². The fourth-order valence-corrected chi connectivity index (χ4v) is 3.63. The van der Waals surface area contributed by atoms with Gasteiger partial charge in [-0.25, -0.2) is 0 Å². The highest BCUT2D eigenvalue weighted by atomic mass is 16.6. The maximum Gasteiger partial charge on any atom is 0.270 e. The first-order chi connectivity index (χ1) is 16.0. The van der Waals surface area contributed by atoms with E-state index in [1.165, 1.54) is 57.1 Å². The summed E-state index contributed by atoms with van der Waals surface area (Å²) < 4.78 is 11.0. The van der Waals surface area contributed by atoms with Crippen molar-refractivity contribution in [3.63, 3.8) is 0 Å². The van der Waals surface area contributed by atoms with E-state index in [0.717, 1.165) is 12.8 Å². The number of allylic oxidation sites excluding steroid dienone is 1. The number of non-ortho nitro benzene ring substituents is 1. The summed E-state index contributed by atoms with van der Waals surface area (Å²) in [7, 11) is 1.55. The second-order valence-electron chi connectivity index (χ2n) is 8.15. The van der Waals surface area contributed by atoms with Crippen LogP contribution in [0.3, 0.4) is 0 Å². The van der Waals surface area contributed by atoms with Crippen molar-refractivity contribution in [3.8, 4) is 11.5 Å². The molecule has 33 heavy (non-hydrogen) atoms. The number of nitrogens with zero attached hydrogens (tertiary/aromatic N) is 1. The van der Waals surface area contributed by atoms with Gasteiger partial charge in [-0.2, -0.15) is 0 Å². The van der Waals surface area contributed by atoms with Gasteiger partial charge in [0, 0.05) is 28.8 Å². The Kier molecular flexibility index (Phi) is 11.1. The minimum absolute atomic E-state index is 0.107. The van der Waals surface area contributed by atoms with Gasteiger partial charge in [0.25, 0.3) is 5.69 Å². The first kappa shape index (κ1) is 26.1. The van der Waals surface area contributed by atoms with Crippen LogP contribution in [0, 0.1) is 10.1 Å². The van der Waals surface area contributed by atoms with Gasteiger partial charge in [-0.1, -0.05) is 64.9 Å². The maximum atomic E-state index is 13.0. The number of carbonyl (C=O) groups is 1. The molecule has 0 aromatic heterocycles. The molecule has 0 unspecified atom stereocenters.